The van der Waals surface area contributed by atoms with Crippen LogP contribution in [0, 0.1) is 5.92 Å². The van der Waals surface area contributed by atoms with E-state index in [0.29, 0.717) is 0 Å². The molecule has 0 rings (SSSR count). The molecule has 0 bridgehead atoms. The van der Waals surface area contributed by atoms with Gasteiger partial charge >= 0.3 is 0 Å². The van der Waals surface area contributed by atoms with Crippen molar-refractivity contribution in [2.24, 2.45) is 5.92 Å². The maximum absolute atomic E-state index is 8.46. The van der Waals surface area contributed by atoms with Crippen molar-refractivity contribution in [1.29, 1.82) is 0 Å². The van der Waals surface area contributed by atoms with Crippen LogP contribution >= 0.6 is 0 Å². The molecule has 0 aliphatic rings. The average Bonchev–Trinajstić information content (AvgIpc) is 1.87. The van der Waals surface area contributed by atoms with Gasteiger partial charge in [0.1, 0.15) is 0 Å². The SMILES string of the molecule is CC(C)CCCC(C)(C)OO. The van der Waals surface area contributed by atoms with Crippen LogP contribution in [0.15, 0.2) is 0 Å². The molecule has 0 aliphatic heterocycles. The third-order valence-electron chi connectivity index (χ3n) is 1.81. The zero-order chi connectivity index (χ0) is 8.91. The Bertz CT molecular complexity index is 97.7. The Balaban J connectivity index is 3.38. The highest BCUT2D eigenvalue weighted by atomic mass is 17.1. The summed E-state index contributed by atoms with van der Waals surface area (Å²) in [6.07, 6.45) is 3.24. The zero-order valence-electron chi connectivity index (χ0n) is 8.05. The lowest BCUT2D eigenvalue weighted by Crippen LogP contribution is -2.22. The van der Waals surface area contributed by atoms with E-state index in [-0.39, 0.29) is 5.60 Å². The van der Waals surface area contributed by atoms with Crippen LogP contribution in [0.1, 0.15) is 47.0 Å². The first kappa shape index (κ1) is 10.9. The summed E-state index contributed by atoms with van der Waals surface area (Å²) in [4.78, 5) is 4.32. The van der Waals surface area contributed by atoms with Crippen LogP contribution in [0.3, 0.4) is 0 Å². The second-order valence-corrected chi connectivity index (χ2v) is 4.14. The predicted molar refractivity (Wildman–Crippen MR) is 46.5 cm³/mol. The average molecular weight is 160 g/mol. The Morgan fingerprint density at radius 2 is 1.91 bits per heavy atom. The molecule has 0 aromatic carbocycles. The van der Waals surface area contributed by atoms with Gasteiger partial charge in [0.2, 0.25) is 0 Å². The lowest BCUT2D eigenvalue weighted by atomic mass is 9.98. The van der Waals surface area contributed by atoms with E-state index in [1.807, 2.05) is 13.8 Å². The normalized spacial score (nSPS) is 12.5. The predicted octanol–water partition coefficient (Wildman–Crippen LogP) is 3.08. The van der Waals surface area contributed by atoms with Gasteiger partial charge < -0.3 is 0 Å². The molecule has 1 N–H and O–H groups in total. The van der Waals surface area contributed by atoms with Crippen molar-refractivity contribution < 1.29 is 10.1 Å². The Kier molecular flexibility index (Phi) is 4.69. The van der Waals surface area contributed by atoms with Crippen molar-refractivity contribution in [3.63, 3.8) is 0 Å². The summed E-state index contributed by atoms with van der Waals surface area (Å²) in [5.74, 6) is 0.740. The minimum absolute atomic E-state index is 0.366. The third kappa shape index (κ3) is 6.32. The minimum Gasteiger partial charge on any atom is -0.251 e. The lowest BCUT2D eigenvalue weighted by Gasteiger charge is -2.20. The summed E-state index contributed by atoms with van der Waals surface area (Å²) in [5, 5.41) is 8.46. The Labute approximate surface area is 69.5 Å². The highest BCUT2D eigenvalue weighted by molar-refractivity contribution is 4.66. The van der Waals surface area contributed by atoms with Crippen molar-refractivity contribution in [2.45, 2.75) is 52.6 Å². The molecule has 0 radical (unpaired) electrons. The quantitative estimate of drug-likeness (QED) is 0.494. The van der Waals surface area contributed by atoms with Gasteiger partial charge in [-0.05, 0) is 26.2 Å². The van der Waals surface area contributed by atoms with Gasteiger partial charge in [-0.2, -0.15) is 0 Å². The first-order valence-electron chi connectivity index (χ1n) is 4.30. The highest BCUT2D eigenvalue weighted by Gasteiger charge is 2.17. The Morgan fingerprint density at radius 3 is 2.27 bits per heavy atom. The Morgan fingerprint density at radius 1 is 1.36 bits per heavy atom. The molecule has 0 saturated heterocycles. The largest absolute Gasteiger partial charge is 0.251 e. The van der Waals surface area contributed by atoms with Gasteiger partial charge in [0.15, 0.2) is 0 Å². The van der Waals surface area contributed by atoms with Crippen LogP contribution in [0.25, 0.3) is 0 Å². The fourth-order valence-electron chi connectivity index (χ4n) is 0.982. The van der Waals surface area contributed by atoms with Crippen molar-refractivity contribution in [1.82, 2.24) is 0 Å². The van der Waals surface area contributed by atoms with Crippen molar-refractivity contribution in [3.8, 4) is 0 Å². The summed E-state index contributed by atoms with van der Waals surface area (Å²) < 4.78 is 0. The minimum atomic E-state index is -0.366. The van der Waals surface area contributed by atoms with E-state index < -0.39 is 0 Å². The van der Waals surface area contributed by atoms with Crippen LogP contribution in [0.5, 0.6) is 0 Å². The fourth-order valence-corrected chi connectivity index (χ4v) is 0.982. The molecule has 0 fully saturated rings. The van der Waals surface area contributed by atoms with Crippen LogP contribution < -0.4 is 0 Å². The van der Waals surface area contributed by atoms with E-state index in [2.05, 4.69) is 18.7 Å². The van der Waals surface area contributed by atoms with E-state index in [9.17, 15) is 0 Å². The topological polar surface area (TPSA) is 29.5 Å². The molecule has 0 amide bonds. The molecule has 0 aliphatic carbocycles. The number of hydrogen-bond acceptors (Lipinski definition) is 2. The number of rotatable bonds is 5. The van der Waals surface area contributed by atoms with E-state index in [0.717, 1.165) is 18.8 Å². The van der Waals surface area contributed by atoms with E-state index in [1.54, 1.807) is 0 Å². The molecule has 2 nitrogen and oxygen atoms in total. The smallest absolute Gasteiger partial charge is 0.0977 e. The van der Waals surface area contributed by atoms with Crippen LogP contribution in [0.2, 0.25) is 0 Å². The second kappa shape index (κ2) is 4.73. The molecule has 0 aromatic heterocycles. The van der Waals surface area contributed by atoms with Gasteiger partial charge in [-0.25, -0.2) is 4.89 Å². The molecule has 0 unspecified atom stereocenters. The van der Waals surface area contributed by atoms with E-state index in [4.69, 9.17) is 5.26 Å². The molecular weight excluding hydrogens is 140 g/mol. The summed E-state index contributed by atoms with van der Waals surface area (Å²) in [7, 11) is 0. The first-order chi connectivity index (χ1) is 4.98. The first-order valence-corrected chi connectivity index (χ1v) is 4.30. The molecule has 0 heterocycles. The standard InChI is InChI=1S/C9H20O2/c1-8(2)6-5-7-9(3,4)11-10/h8,10H,5-7H2,1-4H3. The van der Waals surface area contributed by atoms with Gasteiger partial charge in [0.25, 0.3) is 0 Å². The maximum atomic E-state index is 8.46. The summed E-state index contributed by atoms with van der Waals surface area (Å²) in [5.41, 5.74) is -0.366. The zero-order valence-corrected chi connectivity index (χ0v) is 8.05. The van der Waals surface area contributed by atoms with E-state index in [1.165, 1.54) is 6.42 Å². The molecule has 0 atom stereocenters. The van der Waals surface area contributed by atoms with Gasteiger partial charge in [-0.3, -0.25) is 5.26 Å². The molecule has 68 valence electrons. The molecule has 11 heavy (non-hydrogen) atoms. The van der Waals surface area contributed by atoms with Crippen LogP contribution in [0.4, 0.5) is 0 Å². The summed E-state index contributed by atoms with van der Waals surface area (Å²) >= 11 is 0. The molecule has 0 spiro atoms. The maximum Gasteiger partial charge on any atom is 0.0977 e. The fraction of sp³-hybridized carbons (Fsp3) is 1.00. The molecule has 2 heteroatoms. The van der Waals surface area contributed by atoms with Crippen LogP contribution in [-0.2, 0) is 4.89 Å². The van der Waals surface area contributed by atoms with Crippen molar-refractivity contribution in [3.05, 3.63) is 0 Å². The third-order valence-corrected chi connectivity index (χ3v) is 1.81. The lowest BCUT2D eigenvalue weighted by molar-refractivity contribution is -0.314. The van der Waals surface area contributed by atoms with Crippen molar-refractivity contribution in [2.75, 3.05) is 0 Å². The monoisotopic (exact) mass is 160 g/mol. The Hall–Kier alpha value is -0.0800. The summed E-state index contributed by atoms with van der Waals surface area (Å²) in [6.45, 7) is 8.19. The molecule has 0 saturated carbocycles. The molecular formula is C9H20O2. The van der Waals surface area contributed by atoms with Gasteiger partial charge in [0.05, 0.1) is 5.60 Å². The van der Waals surface area contributed by atoms with E-state index >= 15 is 0 Å². The second-order valence-electron chi connectivity index (χ2n) is 4.14. The van der Waals surface area contributed by atoms with Crippen LogP contribution in [-0.4, -0.2) is 10.9 Å². The highest BCUT2D eigenvalue weighted by Crippen LogP contribution is 2.18. The van der Waals surface area contributed by atoms with Gasteiger partial charge in [-0.15, -0.1) is 0 Å². The van der Waals surface area contributed by atoms with Gasteiger partial charge in [0, 0.05) is 0 Å². The number of hydrogen-bond donors (Lipinski definition) is 1. The van der Waals surface area contributed by atoms with Gasteiger partial charge in [-0.1, -0.05) is 26.7 Å². The summed E-state index contributed by atoms with van der Waals surface area (Å²) in [6, 6.07) is 0. The molecule has 0 aromatic rings. The van der Waals surface area contributed by atoms with Crippen molar-refractivity contribution >= 4 is 0 Å².